The van der Waals surface area contributed by atoms with Gasteiger partial charge in [-0.2, -0.15) is 0 Å². The van der Waals surface area contributed by atoms with E-state index in [0.29, 0.717) is 0 Å². The van der Waals surface area contributed by atoms with Crippen molar-refractivity contribution in [3.05, 3.63) is 0 Å². The second-order valence-corrected chi connectivity index (χ2v) is 2.56. The maximum atomic E-state index is 11.0. The molecule has 2 atom stereocenters. The predicted molar refractivity (Wildman–Crippen MR) is 43.8 cm³/mol. The lowest BCUT2D eigenvalue weighted by Gasteiger charge is -2.10. The molecular weight excluding hydrogens is 140 g/mol. The van der Waals surface area contributed by atoms with Crippen molar-refractivity contribution >= 4 is 5.97 Å². The Morgan fingerprint density at radius 2 is 2.18 bits per heavy atom. The minimum atomic E-state index is -0.406. The molecule has 2 unspecified atom stereocenters. The van der Waals surface area contributed by atoms with Gasteiger partial charge in [-0.1, -0.05) is 19.8 Å². The van der Waals surface area contributed by atoms with Crippen LogP contribution in [-0.2, 0) is 9.53 Å². The van der Waals surface area contributed by atoms with Gasteiger partial charge in [0.25, 0.3) is 0 Å². The van der Waals surface area contributed by atoms with E-state index in [-0.39, 0.29) is 11.9 Å². The van der Waals surface area contributed by atoms with Crippen LogP contribution in [0.15, 0.2) is 0 Å². The maximum absolute atomic E-state index is 11.0. The van der Waals surface area contributed by atoms with Gasteiger partial charge >= 0.3 is 5.97 Å². The number of rotatable bonds is 3. The molecule has 2 nitrogen and oxygen atoms in total. The van der Waals surface area contributed by atoms with Crippen molar-refractivity contribution in [2.24, 2.45) is 5.92 Å². The molecule has 0 fully saturated rings. The second-order valence-electron chi connectivity index (χ2n) is 2.56. The topological polar surface area (TPSA) is 26.3 Å². The summed E-state index contributed by atoms with van der Waals surface area (Å²) >= 11 is 0. The molecule has 11 heavy (non-hydrogen) atoms. The third kappa shape index (κ3) is 3.67. The lowest BCUT2D eigenvalue weighted by atomic mass is 10.1. The van der Waals surface area contributed by atoms with Gasteiger partial charge in [0.05, 0.1) is 5.92 Å². The van der Waals surface area contributed by atoms with E-state index in [4.69, 9.17) is 11.2 Å². The van der Waals surface area contributed by atoms with Crippen LogP contribution in [0.25, 0.3) is 0 Å². The number of hydrogen-bond acceptors (Lipinski definition) is 2. The Morgan fingerprint density at radius 3 is 2.55 bits per heavy atom. The van der Waals surface area contributed by atoms with Gasteiger partial charge in [-0.15, -0.1) is 6.42 Å². The van der Waals surface area contributed by atoms with E-state index >= 15 is 0 Å². The first-order valence-corrected chi connectivity index (χ1v) is 3.78. The highest BCUT2D eigenvalue weighted by molar-refractivity contribution is 5.72. The van der Waals surface area contributed by atoms with Crippen LogP contribution in [0.3, 0.4) is 0 Å². The fourth-order valence-corrected chi connectivity index (χ4v) is 0.491. The zero-order valence-electron chi connectivity index (χ0n) is 7.26. The highest BCUT2D eigenvalue weighted by Gasteiger charge is 2.13. The molecule has 0 bridgehead atoms. The van der Waals surface area contributed by atoms with Gasteiger partial charge in [-0.05, 0) is 13.3 Å². The predicted octanol–water partition coefficient (Wildman–Crippen LogP) is 1.60. The largest absolute Gasteiger partial charge is 0.449 e. The van der Waals surface area contributed by atoms with Crippen molar-refractivity contribution in [2.45, 2.75) is 33.3 Å². The number of terminal acetylenes is 1. The third-order valence-electron chi connectivity index (χ3n) is 1.54. The molecule has 0 N–H and O–H groups in total. The molecule has 0 amide bonds. The summed E-state index contributed by atoms with van der Waals surface area (Å²) in [4.78, 5) is 11.0. The summed E-state index contributed by atoms with van der Waals surface area (Å²) in [6.07, 6.45) is 5.42. The minimum absolute atomic E-state index is 0.0502. The summed E-state index contributed by atoms with van der Waals surface area (Å²) in [6, 6.07) is 0. The summed E-state index contributed by atoms with van der Waals surface area (Å²) in [5.74, 6) is 2.07. The van der Waals surface area contributed by atoms with Crippen LogP contribution in [0.2, 0.25) is 0 Å². The average molecular weight is 154 g/mol. The Kier molecular flexibility index (Phi) is 4.36. The molecular formula is C9H14O2. The number of carbonyl (C=O) groups is 1. The van der Waals surface area contributed by atoms with Gasteiger partial charge in [0.2, 0.25) is 0 Å². The van der Waals surface area contributed by atoms with E-state index in [2.05, 4.69) is 5.92 Å². The highest BCUT2D eigenvalue weighted by atomic mass is 16.5. The molecule has 0 rings (SSSR count). The molecule has 62 valence electrons. The number of hydrogen-bond donors (Lipinski definition) is 0. The van der Waals surface area contributed by atoms with E-state index in [0.717, 1.165) is 6.42 Å². The van der Waals surface area contributed by atoms with Crippen LogP contribution >= 0.6 is 0 Å². The molecule has 0 saturated carbocycles. The molecule has 0 saturated heterocycles. The standard InChI is InChI=1S/C9H14O2/c1-5-7(3)9(10)11-8(4)6-2/h2,7-8H,5H2,1,3-4H3. The molecule has 0 aliphatic heterocycles. The Morgan fingerprint density at radius 1 is 1.64 bits per heavy atom. The van der Waals surface area contributed by atoms with E-state index in [1.165, 1.54) is 0 Å². The van der Waals surface area contributed by atoms with Crippen molar-refractivity contribution in [3.8, 4) is 12.3 Å². The smallest absolute Gasteiger partial charge is 0.309 e. The fourth-order valence-electron chi connectivity index (χ4n) is 0.491. The van der Waals surface area contributed by atoms with E-state index in [1.807, 2.05) is 13.8 Å². The molecule has 0 aromatic heterocycles. The van der Waals surface area contributed by atoms with Crippen LogP contribution in [0, 0.1) is 18.3 Å². The molecule has 2 heteroatoms. The fraction of sp³-hybridized carbons (Fsp3) is 0.667. The van der Waals surface area contributed by atoms with E-state index < -0.39 is 6.10 Å². The van der Waals surface area contributed by atoms with Gasteiger partial charge < -0.3 is 4.74 Å². The Hall–Kier alpha value is -0.970. The van der Waals surface area contributed by atoms with Crippen LogP contribution in [0.1, 0.15) is 27.2 Å². The van der Waals surface area contributed by atoms with Crippen molar-refractivity contribution in [1.82, 2.24) is 0 Å². The second kappa shape index (κ2) is 4.79. The Labute approximate surface area is 67.9 Å². The lowest BCUT2D eigenvalue weighted by molar-refractivity contribution is -0.150. The average Bonchev–Trinajstić information content (AvgIpc) is 2.02. The molecule has 0 aliphatic carbocycles. The first-order valence-electron chi connectivity index (χ1n) is 3.78. The first kappa shape index (κ1) is 10.0. The molecule has 0 spiro atoms. The number of ether oxygens (including phenoxy) is 1. The molecule has 0 aliphatic rings. The van der Waals surface area contributed by atoms with Crippen molar-refractivity contribution in [2.75, 3.05) is 0 Å². The highest BCUT2D eigenvalue weighted by Crippen LogP contribution is 2.04. The SMILES string of the molecule is C#CC(C)OC(=O)C(C)CC. The van der Waals surface area contributed by atoms with Crippen molar-refractivity contribution in [1.29, 1.82) is 0 Å². The van der Waals surface area contributed by atoms with Crippen molar-refractivity contribution < 1.29 is 9.53 Å². The van der Waals surface area contributed by atoms with Crippen LogP contribution in [0.5, 0.6) is 0 Å². The van der Waals surface area contributed by atoms with Gasteiger partial charge in [-0.3, -0.25) is 4.79 Å². The van der Waals surface area contributed by atoms with Crippen LogP contribution < -0.4 is 0 Å². The van der Waals surface area contributed by atoms with Crippen molar-refractivity contribution in [3.63, 3.8) is 0 Å². The normalized spacial score (nSPS) is 14.7. The molecule has 0 heterocycles. The number of carbonyl (C=O) groups excluding carboxylic acids is 1. The Bertz CT molecular complexity index is 167. The van der Waals surface area contributed by atoms with Crippen LogP contribution in [-0.4, -0.2) is 12.1 Å². The zero-order valence-corrected chi connectivity index (χ0v) is 7.26. The Balaban J connectivity index is 3.80. The molecule has 0 aromatic carbocycles. The van der Waals surface area contributed by atoms with E-state index in [1.54, 1.807) is 6.92 Å². The van der Waals surface area contributed by atoms with Crippen LogP contribution in [0.4, 0.5) is 0 Å². The van der Waals surface area contributed by atoms with Gasteiger partial charge in [0.15, 0.2) is 6.10 Å². The summed E-state index contributed by atoms with van der Waals surface area (Å²) in [6.45, 7) is 5.44. The lowest BCUT2D eigenvalue weighted by Crippen LogP contribution is -2.19. The van der Waals surface area contributed by atoms with E-state index in [9.17, 15) is 4.79 Å². The summed E-state index contributed by atoms with van der Waals surface area (Å²) < 4.78 is 4.88. The van der Waals surface area contributed by atoms with Gasteiger partial charge in [0, 0.05) is 0 Å². The number of esters is 1. The quantitative estimate of drug-likeness (QED) is 0.456. The minimum Gasteiger partial charge on any atom is -0.449 e. The monoisotopic (exact) mass is 154 g/mol. The van der Waals surface area contributed by atoms with Gasteiger partial charge in [-0.25, -0.2) is 0 Å². The molecule has 0 radical (unpaired) electrons. The summed E-state index contributed by atoms with van der Waals surface area (Å²) in [7, 11) is 0. The zero-order chi connectivity index (χ0) is 8.85. The first-order chi connectivity index (χ1) is 5.11. The summed E-state index contributed by atoms with van der Waals surface area (Å²) in [5, 5.41) is 0. The summed E-state index contributed by atoms with van der Waals surface area (Å²) in [5.41, 5.74) is 0. The van der Waals surface area contributed by atoms with Gasteiger partial charge in [0.1, 0.15) is 0 Å². The molecule has 0 aromatic rings. The maximum Gasteiger partial charge on any atom is 0.309 e. The third-order valence-corrected chi connectivity index (χ3v) is 1.54.